The molecular weight excluding hydrogens is 281 g/mol. The van der Waals surface area contributed by atoms with Gasteiger partial charge in [-0.25, -0.2) is 4.98 Å². The van der Waals surface area contributed by atoms with Gasteiger partial charge in [-0.1, -0.05) is 30.3 Å². The molecule has 0 radical (unpaired) electrons. The summed E-state index contributed by atoms with van der Waals surface area (Å²) in [5.74, 6) is -0.582. The van der Waals surface area contributed by atoms with Crippen molar-refractivity contribution in [1.82, 2.24) is 4.98 Å². The Morgan fingerprint density at radius 1 is 1.00 bits per heavy atom. The van der Waals surface area contributed by atoms with Crippen LogP contribution in [0.1, 0.15) is 5.69 Å². The monoisotopic (exact) mass is 289 g/mol. The maximum Gasteiger partial charge on any atom is 0.433 e. The second-order valence-electron chi connectivity index (χ2n) is 3.82. The third kappa shape index (κ3) is 3.43. The first-order valence-corrected chi connectivity index (χ1v) is 5.46. The number of aromatic nitrogens is 1. The lowest BCUT2D eigenvalue weighted by atomic mass is 10.1. The van der Waals surface area contributed by atoms with Crippen LogP contribution in [-0.2, 0) is 6.18 Å². The molecule has 0 amide bonds. The van der Waals surface area contributed by atoms with E-state index in [1.54, 1.807) is 18.2 Å². The summed E-state index contributed by atoms with van der Waals surface area (Å²) in [7, 11) is 0. The van der Waals surface area contributed by atoms with Gasteiger partial charge in [-0.3, -0.25) is 0 Å². The number of ether oxygens (including phenoxy) is 1. The summed E-state index contributed by atoms with van der Waals surface area (Å²) < 4.78 is 66.4. The van der Waals surface area contributed by atoms with Crippen LogP contribution < -0.4 is 4.74 Å². The molecule has 0 aliphatic rings. The quantitative estimate of drug-likeness (QED) is 0.783. The van der Waals surface area contributed by atoms with E-state index in [0.29, 0.717) is 11.6 Å². The normalized spacial score (nSPS) is 11.7. The average molecular weight is 289 g/mol. The summed E-state index contributed by atoms with van der Waals surface area (Å²) >= 11 is 0. The van der Waals surface area contributed by atoms with Gasteiger partial charge in [0.15, 0.2) is 0 Å². The van der Waals surface area contributed by atoms with Crippen molar-refractivity contribution >= 4 is 0 Å². The molecule has 0 bridgehead atoms. The fourth-order valence-corrected chi connectivity index (χ4v) is 1.58. The van der Waals surface area contributed by atoms with Gasteiger partial charge in [-0.15, -0.1) is 0 Å². The molecule has 20 heavy (non-hydrogen) atoms. The van der Waals surface area contributed by atoms with Crippen molar-refractivity contribution in [3.63, 3.8) is 0 Å². The molecule has 1 heterocycles. The Morgan fingerprint density at radius 3 is 2.20 bits per heavy atom. The van der Waals surface area contributed by atoms with Crippen LogP contribution in [0.15, 0.2) is 42.5 Å². The van der Waals surface area contributed by atoms with Gasteiger partial charge in [0.1, 0.15) is 11.4 Å². The number of hydrogen-bond donors (Lipinski definition) is 0. The summed E-state index contributed by atoms with van der Waals surface area (Å²) in [5, 5.41) is 0. The number of alkyl halides is 5. The Kier molecular flexibility index (Phi) is 3.87. The lowest BCUT2D eigenvalue weighted by Crippen LogP contribution is -2.10. The highest BCUT2D eigenvalue weighted by molar-refractivity contribution is 5.61. The van der Waals surface area contributed by atoms with E-state index in [1.165, 1.54) is 12.1 Å². The third-order valence-corrected chi connectivity index (χ3v) is 2.38. The molecule has 0 aliphatic heterocycles. The Bertz CT molecular complexity index is 583. The van der Waals surface area contributed by atoms with Crippen LogP contribution in [0.4, 0.5) is 22.0 Å². The Labute approximate surface area is 110 Å². The van der Waals surface area contributed by atoms with Crippen molar-refractivity contribution in [3.8, 4) is 17.0 Å². The molecule has 2 nitrogen and oxygen atoms in total. The molecule has 1 aromatic heterocycles. The molecule has 106 valence electrons. The predicted molar refractivity (Wildman–Crippen MR) is 61.3 cm³/mol. The topological polar surface area (TPSA) is 22.1 Å². The van der Waals surface area contributed by atoms with Crippen molar-refractivity contribution in [2.75, 3.05) is 0 Å². The van der Waals surface area contributed by atoms with Crippen LogP contribution in [0.25, 0.3) is 11.3 Å². The average Bonchev–Trinajstić information content (AvgIpc) is 2.37. The Balaban J connectivity index is 2.51. The molecule has 0 atom stereocenters. The first-order chi connectivity index (χ1) is 9.36. The first-order valence-electron chi connectivity index (χ1n) is 5.46. The minimum Gasteiger partial charge on any atom is -0.435 e. The lowest BCUT2D eigenvalue weighted by molar-refractivity contribution is -0.141. The molecule has 0 aliphatic carbocycles. The maximum atomic E-state index is 12.7. The molecule has 0 spiro atoms. The van der Waals surface area contributed by atoms with Gasteiger partial charge >= 0.3 is 12.8 Å². The van der Waals surface area contributed by atoms with E-state index in [2.05, 4.69) is 9.72 Å². The standard InChI is InChI=1S/C13H8F5NO/c14-12(15)20-9-6-10(8-4-2-1-3-5-8)19-11(7-9)13(16,17)18/h1-7,12H. The summed E-state index contributed by atoms with van der Waals surface area (Å²) in [4.78, 5) is 3.43. The van der Waals surface area contributed by atoms with Gasteiger partial charge in [0, 0.05) is 17.7 Å². The second kappa shape index (κ2) is 5.44. The predicted octanol–water partition coefficient (Wildman–Crippen LogP) is 4.37. The number of halogens is 5. The molecule has 7 heteroatoms. The van der Waals surface area contributed by atoms with Crippen LogP contribution in [-0.4, -0.2) is 11.6 Å². The number of nitrogens with zero attached hydrogens (tertiary/aromatic N) is 1. The zero-order chi connectivity index (χ0) is 14.8. The number of benzene rings is 1. The van der Waals surface area contributed by atoms with E-state index in [-0.39, 0.29) is 5.69 Å². The highest BCUT2D eigenvalue weighted by Crippen LogP contribution is 2.33. The largest absolute Gasteiger partial charge is 0.435 e. The van der Waals surface area contributed by atoms with Gasteiger partial charge in [0.05, 0.1) is 5.69 Å². The zero-order valence-electron chi connectivity index (χ0n) is 9.86. The van der Waals surface area contributed by atoms with E-state index in [1.807, 2.05) is 0 Å². The van der Waals surface area contributed by atoms with Crippen LogP contribution >= 0.6 is 0 Å². The second-order valence-corrected chi connectivity index (χ2v) is 3.82. The van der Waals surface area contributed by atoms with Gasteiger partial charge in [0.25, 0.3) is 0 Å². The van der Waals surface area contributed by atoms with Crippen LogP contribution in [0, 0.1) is 0 Å². The van der Waals surface area contributed by atoms with Crippen LogP contribution in [0.3, 0.4) is 0 Å². The minimum atomic E-state index is -4.75. The maximum absolute atomic E-state index is 12.7. The van der Waals surface area contributed by atoms with E-state index < -0.39 is 24.2 Å². The number of rotatable bonds is 3. The molecule has 0 N–H and O–H groups in total. The minimum absolute atomic E-state index is 0.0870. The first kappa shape index (κ1) is 14.2. The Morgan fingerprint density at radius 2 is 1.65 bits per heavy atom. The summed E-state index contributed by atoms with van der Waals surface area (Å²) in [6, 6.07) is 9.40. The fourth-order valence-electron chi connectivity index (χ4n) is 1.58. The van der Waals surface area contributed by atoms with Gasteiger partial charge in [-0.2, -0.15) is 22.0 Å². The lowest BCUT2D eigenvalue weighted by Gasteiger charge is -2.12. The highest BCUT2D eigenvalue weighted by atomic mass is 19.4. The zero-order valence-corrected chi connectivity index (χ0v) is 9.86. The SMILES string of the molecule is FC(F)Oc1cc(-c2ccccc2)nc(C(F)(F)F)c1. The molecule has 2 rings (SSSR count). The third-order valence-electron chi connectivity index (χ3n) is 2.38. The number of pyridine rings is 1. The molecule has 2 aromatic rings. The van der Waals surface area contributed by atoms with Crippen molar-refractivity contribution in [1.29, 1.82) is 0 Å². The summed E-state index contributed by atoms with van der Waals surface area (Å²) in [5.41, 5.74) is -0.997. The van der Waals surface area contributed by atoms with E-state index in [0.717, 1.165) is 6.07 Å². The summed E-state index contributed by atoms with van der Waals surface area (Å²) in [6.45, 7) is -3.21. The highest BCUT2D eigenvalue weighted by Gasteiger charge is 2.33. The van der Waals surface area contributed by atoms with Gasteiger partial charge < -0.3 is 4.74 Å². The molecule has 0 saturated heterocycles. The molecule has 1 aromatic carbocycles. The Hall–Kier alpha value is -2.18. The van der Waals surface area contributed by atoms with Crippen molar-refractivity contribution in [2.24, 2.45) is 0 Å². The van der Waals surface area contributed by atoms with E-state index >= 15 is 0 Å². The van der Waals surface area contributed by atoms with E-state index in [4.69, 9.17) is 0 Å². The van der Waals surface area contributed by atoms with Gasteiger partial charge in [-0.05, 0) is 0 Å². The fraction of sp³-hybridized carbons (Fsp3) is 0.154. The van der Waals surface area contributed by atoms with Crippen LogP contribution in [0.2, 0.25) is 0 Å². The molecule has 0 unspecified atom stereocenters. The van der Waals surface area contributed by atoms with E-state index in [9.17, 15) is 22.0 Å². The molecule has 0 saturated carbocycles. The van der Waals surface area contributed by atoms with Gasteiger partial charge in [0.2, 0.25) is 0 Å². The van der Waals surface area contributed by atoms with Crippen molar-refractivity contribution in [2.45, 2.75) is 12.8 Å². The molecular formula is C13H8F5NO. The number of hydrogen-bond acceptors (Lipinski definition) is 2. The smallest absolute Gasteiger partial charge is 0.433 e. The van der Waals surface area contributed by atoms with Crippen molar-refractivity contribution < 1.29 is 26.7 Å². The molecule has 0 fully saturated rings. The summed E-state index contributed by atoms with van der Waals surface area (Å²) in [6.07, 6.45) is -4.75. The van der Waals surface area contributed by atoms with Crippen LogP contribution in [0.5, 0.6) is 5.75 Å². The van der Waals surface area contributed by atoms with Crippen molar-refractivity contribution in [3.05, 3.63) is 48.2 Å².